The predicted molar refractivity (Wildman–Crippen MR) is 79.2 cm³/mol. The Labute approximate surface area is 120 Å². The molecule has 108 valence electrons. The molecule has 0 spiro atoms. The molecular weight excluding hydrogens is 253 g/mol. The number of benzene rings is 1. The first-order valence-electron chi connectivity index (χ1n) is 7.29. The second-order valence-electron chi connectivity index (χ2n) is 4.95. The van der Waals surface area contributed by atoms with Crippen LogP contribution in [0.5, 0.6) is 0 Å². The van der Waals surface area contributed by atoms with E-state index in [1.807, 2.05) is 18.2 Å². The molecule has 0 bridgehead atoms. The van der Waals surface area contributed by atoms with Gasteiger partial charge in [0, 0.05) is 18.0 Å². The zero-order chi connectivity index (χ0) is 14.4. The lowest BCUT2D eigenvalue weighted by Gasteiger charge is -2.19. The Morgan fingerprint density at radius 2 is 2.00 bits per heavy atom. The minimum Gasteiger partial charge on any atom is -0.469 e. The van der Waals surface area contributed by atoms with Gasteiger partial charge in [0.2, 0.25) is 0 Å². The molecule has 0 amide bonds. The molecule has 0 aliphatic heterocycles. The maximum absolute atomic E-state index is 13.8. The maximum Gasteiger partial charge on any atom is 0.126 e. The van der Waals surface area contributed by atoms with Crippen LogP contribution in [0, 0.1) is 5.82 Å². The van der Waals surface area contributed by atoms with Gasteiger partial charge in [0.05, 0.1) is 6.26 Å². The van der Waals surface area contributed by atoms with E-state index in [9.17, 15) is 4.39 Å². The summed E-state index contributed by atoms with van der Waals surface area (Å²) in [6.45, 7) is 5.11. The Hall–Kier alpha value is -1.61. The molecular formula is C17H22FNO. The number of hydrogen-bond acceptors (Lipinski definition) is 2. The third kappa shape index (κ3) is 3.48. The van der Waals surface area contributed by atoms with E-state index in [2.05, 4.69) is 19.2 Å². The lowest BCUT2D eigenvalue weighted by molar-refractivity contribution is 0.476. The molecule has 1 atom stereocenters. The van der Waals surface area contributed by atoms with Crippen molar-refractivity contribution in [3.8, 4) is 0 Å². The monoisotopic (exact) mass is 275 g/mol. The molecule has 0 radical (unpaired) electrons. The summed E-state index contributed by atoms with van der Waals surface area (Å²) in [5.41, 5.74) is 1.88. The van der Waals surface area contributed by atoms with Crippen molar-refractivity contribution in [2.45, 2.75) is 39.2 Å². The number of halogens is 1. The van der Waals surface area contributed by atoms with Crippen LogP contribution in [0.15, 0.2) is 41.0 Å². The minimum atomic E-state index is -0.141. The fourth-order valence-corrected chi connectivity index (χ4v) is 2.44. The van der Waals surface area contributed by atoms with E-state index < -0.39 is 0 Å². The SMILES string of the molecule is CCCNC(Cc1ccccc1F)c1ccoc1CC. The zero-order valence-electron chi connectivity index (χ0n) is 12.2. The van der Waals surface area contributed by atoms with E-state index in [1.54, 1.807) is 12.3 Å². The first-order chi connectivity index (χ1) is 9.76. The molecule has 1 aromatic heterocycles. The van der Waals surface area contributed by atoms with Crippen molar-refractivity contribution in [3.05, 3.63) is 59.3 Å². The van der Waals surface area contributed by atoms with Crippen LogP contribution >= 0.6 is 0 Å². The Morgan fingerprint density at radius 1 is 1.20 bits per heavy atom. The zero-order valence-corrected chi connectivity index (χ0v) is 12.2. The van der Waals surface area contributed by atoms with Gasteiger partial charge in [0.1, 0.15) is 11.6 Å². The fourth-order valence-electron chi connectivity index (χ4n) is 2.44. The molecule has 2 aromatic rings. The van der Waals surface area contributed by atoms with E-state index in [-0.39, 0.29) is 11.9 Å². The van der Waals surface area contributed by atoms with E-state index in [0.717, 1.165) is 36.3 Å². The Kier molecular flexibility index (Phi) is 5.36. The summed E-state index contributed by atoms with van der Waals surface area (Å²) >= 11 is 0. The number of nitrogens with one attached hydrogen (secondary N) is 1. The second kappa shape index (κ2) is 7.25. The van der Waals surface area contributed by atoms with Crippen LogP contribution < -0.4 is 5.32 Å². The molecule has 2 rings (SSSR count). The van der Waals surface area contributed by atoms with Crippen LogP contribution in [0.2, 0.25) is 0 Å². The van der Waals surface area contributed by atoms with Crippen molar-refractivity contribution in [2.75, 3.05) is 6.54 Å². The van der Waals surface area contributed by atoms with E-state index in [4.69, 9.17) is 4.42 Å². The summed E-state index contributed by atoms with van der Waals surface area (Å²) in [5.74, 6) is 0.840. The van der Waals surface area contributed by atoms with Crippen LogP contribution in [-0.2, 0) is 12.8 Å². The van der Waals surface area contributed by atoms with Gasteiger partial charge in [-0.25, -0.2) is 4.39 Å². The molecule has 1 N–H and O–H groups in total. The van der Waals surface area contributed by atoms with Gasteiger partial charge in [0.25, 0.3) is 0 Å². The number of hydrogen-bond donors (Lipinski definition) is 1. The number of furan rings is 1. The summed E-state index contributed by atoms with van der Waals surface area (Å²) in [4.78, 5) is 0. The highest BCUT2D eigenvalue weighted by Crippen LogP contribution is 2.24. The molecule has 2 nitrogen and oxygen atoms in total. The third-order valence-corrected chi connectivity index (χ3v) is 3.50. The van der Waals surface area contributed by atoms with E-state index in [1.165, 1.54) is 6.07 Å². The molecule has 20 heavy (non-hydrogen) atoms. The van der Waals surface area contributed by atoms with Crippen LogP contribution in [0.3, 0.4) is 0 Å². The largest absolute Gasteiger partial charge is 0.469 e. The first kappa shape index (κ1) is 14.8. The molecule has 1 aromatic carbocycles. The van der Waals surface area contributed by atoms with Gasteiger partial charge in [-0.1, -0.05) is 32.0 Å². The van der Waals surface area contributed by atoms with Crippen LogP contribution in [0.1, 0.15) is 43.2 Å². The Bertz CT molecular complexity index is 535. The summed E-state index contributed by atoms with van der Waals surface area (Å²) in [6, 6.07) is 9.06. The van der Waals surface area contributed by atoms with E-state index >= 15 is 0 Å². The quantitative estimate of drug-likeness (QED) is 0.816. The molecule has 0 aliphatic rings. The topological polar surface area (TPSA) is 25.2 Å². The van der Waals surface area contributed by atoms with Crippen molar-refractivity contribution >= 4 is 0 Å². The molecule has 0 aliphatic carbocycles. The lowest BCUT2D eigenvalue weighted by Crippen LogP contribution is -2.25. The van der Waals surface area contributed by atoms with Crippen LogP contribution in [0.4, 0.5) is 4.39 Å². The van der Waals surface area contributed by atoms with Crippen molar-refractivity contribution in [1.29, 1.82) is 0 Å². The van der Waals surface area contributed by atoms with Gasteiger partial charge in [0.15, 0.2) is 0 Å². The normalized spacial score (nSPS) is 12.6. The Morgan fingerprint density at radius 3 is 2.70 bits per heavy atom. The van der Waals surface area contributed by atoms with Crippen LogP contribution in [0.25, 0.3) is 0 Å². The second-order valence-corrected chi connectivity index (χ2v) is 4.95. The number of aryl methyl sites for hydroxylation is 1. The van der Waals surface area contributed by atoms with Crippen molar-refractivity contribution in [2.24, 2.45) is 0 Å². The van der Waals surface area contributed by atoms with Crippen molar-refractivity contribution in [1.82, 2.24) is 5.32 Å². The first-order valence-corrected chi connectivity index (χ1v) is 7.29. The molecule has 0 saturated heterocycles. The fraction of sp³-hybridized carbons (Fsp3) is 0.412. The molecule has 3 heteroatoms. The minimum absolute atomic E-state index is 0.0977. The Balaban J connectivity index is 2.22. The van der Waals surface area contributed by atoms with Crippen molar-refractivity contribution < 1.29 is 8.81 Å². The molecule has 1 unspecified atom stereocenters. The average molecular weight is 275 g/mol. The molecule has 0 fully saturated rings. The standard InChI is InChI=1S/C17H22FNO/c1-3-10-19-16(14-9-11-20-17(14)4-2)12-13-7-5-6-8-15(13)18/h5-9,11,16,19H,3-4,10,12H2,1-2H3. The summed E-state index contributed by atoms with van der Waals surface area (Å²) < 4.78 is 19.4. The van der Waals surface area contributed by atoms with Gasteiger partial charge in [-0.3, -0.25) is 0 Å². The summed E-state index contributed by atoms with van der Waals surface area (Å²) in [6.07, 6.45) is 4.26. The maximum atomic E-state index is 13.8. The molecule has 1 heterocycles. The van der Waals surface area contributed by atoms with Gasteiger partial charge < -0.3 is 9.73 Å². The van der Waals surface area contributed by atoms with Crippen LogP contribution in [-0.4, -0.2) is 6.54 Å². The third-order valence-electron chi connectivity index (χ3n) is 3.50. The lowest BCUT2D eigenvalue weighted by atomic mass is 9.98. The van der Waals surface area contributed by atoms with Gasteiger partial charge in [-0.2, -0.15) is 0 Å². The van der Waals surface area contributed by atoms with Gasteiger partial charge in [-0.05, 0) is 37.1 Å². The number of rotatable bonds is 7. The smallest absolute Gasteiger partial charge is 0.126 e. The van der Waals surface area contributed by atoms with Gasteiger partial charge in [-0.15, -0.1) is 0 Å². The van der Waals surface area contributed by atoms with Crippen molar-refractivity contribution in [3.63, 3.8) is 0 Å². The highest BCUT2D eigenvalue weighted by atomic mass is 19.1. The summed E-state index contributed by atoms with van der Waals surface area (Å²) in [5, 5.41) is 3.50. The molecule has 0 saturated carbocycles. The average Bonchev–Trinajstić information content (AvgIpc) is 2.93. The van der Waals surface area contributed by atoms with E-state index in [0.29, 0.717) is 6.42 Å². The highest BCUT2D eigenvalue weighted by Gasteiger charge is 2.18. The van der Waals surface area contributed by atoms with Gasteiger partial charge >= 0.3 is 0 Å². The predicted octanol–water partition coefficient (Wildman–Crippen LogP) is 4.26. The summed E-state index contributed by atoms with van der Waals surface area (Å²) in [7, 11) is 0. The highest BCUT2D eigenvalue weighted by molar-refractivity contribution is 5.26.